The molecule has 9 nitrogen and oxygen atoms in total. The van der Waals surface area contributed by atoms with Gasteiger partial charge in [0.15, 0.2) is 11.9 Å². The van der Waals surface area contributed by atoms with Crippen LogP contribution in [0.25, 0.3) is 11.4 Å². The molecule has 4 rings (SSSR count). The molecule has 2 aromatic heterocycles. The molecule has 0 unspecified atom stereocenters. The van der Waals surface area contributed by atoms with Gasteiger partial charge in [0.1, 0.15) is 12.7 Å². The minimum absolute atomic E-state index is 0.252. The lowest BCUT2D eigenvalue weighted by Crippen LogP contribution is -2.27. The molecule has 9 heteroatoms. The van der Waals surface area contributed by atoms with Gasteiger partial charge in [0.25, 0.3) is 5.91 Å². The highest BCUT2D eigenvalue weighted by Gasteiger charge is 2.24. The van der Waals surface area contributed by atoms with Gasteiger partial charge >= 0.3 is 0 Å². The molecule has 0 bridgehead atoms. The summed E-state index contributed by atoms with van der Waals surface area (Å²) in [5, 5.41) is 20.7. The Morgan fingerprint density at radius 2 is 2.00 bits per heavy atom. The highest BCUT2D eigenvalue weighted by Crippen LogP contribution is 2.22. The van der Waals surface area contributed by atoms with Crippen molar-refractivity contribution in [3.63, 3.8) is 0 Å². The Balaban J connectivity index is 1.62. The number of aromatic nitrogens is 7. The third kappa shape index (κ3) is 3.18. The summed E-state index contributed by atoms with van der Waals surface area (Å²) in [7, 11) is 0. The summed E-state index contributed by atoms with van der Waals surface area (Å²) < 4.78 is 1.42. The first-order valence-electron chi connectivity index (χ1n) is 7.85. The van der Waals surface area contributed by atoms with E-state index < -0.39 is 6.04 Å². The number of amides is 1. The van der Waals surface area contributed by atoms with Crippen molar-refractivity contribution in [1.29, 1.82) is 0 Å². The van der Waals surface area contributed by atoms with E-state index in [-0.39, 0.29) is 5.91 Å². The Morgan fingerprint density at radius 1 is 1.12 bits per heavy atom. The normalized spacial score (nSPS) is 11.8. The number of carbonyl (C=O) groups excluding carboxylic acids is 1. The van der Waals surface area contributed by atoms with Crippen molar-refractivity contribution in [3.8, 4) is 11.4 Å². The predicted octanol–water partition coefficient (Wildman–Crippen LogP) is 1.69. The number of aromatic amines is 1. The van der Waals surface area contributed by atoms with E-state index in [2.05, 4.69) is 36.0 Å². The van der Waals surface area contributed by atoms with E-state index in [4.69, 9.17) is 0 Å². The van der Waals surface area contributed by atoms with Crippen molar-refractivity contribution in [3.05, 3.63) is 72.8 Å². The molecule has 0 saturated carbocycles. The Labute approximate surface area is 148 Å². The number of hydrogen-bond donors (Lipinski definition) is 2. The van der Waals surface area contributed by atoms with E-state index in [9.17, 15) is 4.79 Å². The molecule has 2 N–H and O–H groups in total. The van der Waals surface area contributed by atoms with Crippen molar-refractivity contribution >= 4 is 11.6 Å². The second-order valence-electron chi connectivity index (χ2n) is 5.51. The van der Waals surface area contributed by atoms with E-state index >= 15 is 0 Å². The summed E-state index contributed by atoms with van der Waals surface area (Å²) in [5.41, 5.74) is 2.24. The quantitative estimate of drug-likeness (QED) is 0.568. The molecule has 0 radical (unpaired) electrons. The maximum atomic E-state index is 12.9. The highest BCUT2D eigenvalue weighted by atomic mass is 16.2. The number of hydrogen-bond acceptors (Lipinski definition) is 6. The number of benzene rings is 2. The van der Waals surface area contributed by atoms with Crippen LogP contribution >= 0.6 is 0 Å². The standard InChI is InChI=1S/C17H14N8O/c26-17(15(25-11-20-23-24-25)12-5-2-1-3-6-12)21-14-8-4-7-13(9-14)16-18-10-19-22-16/h1-11,15H,(H,21,26)(H,18,19,22)/t15-/m0/s1. The molecule has 0 aliphatic carbocycles. The van der Waals surface area contributed by atoms with Gasteiger partial charge in [0, 0.05) is 11.3 Å². The minimum Gasteiger partial charge on any atom is -0.324 e. The smallest absolute Gasteiger partial charge is 0.253 e. The van der Waals surface area contributed by atoms with Crippen molar-refractivity contribution in [2.75, 3.05) is 5.32 Å². The SMILES string of the molecule is O=C(Nc1cccc(-c2ncn[nH]2)c1)[C@H](c1ccccc1)n1cnnn1. The van der Waals surface area contributed by atoms with Crippen molar-refractivity contribution in [2.45, 2.75) is 6.04 Å². The molecule has 0 spiro atoms. The van der Waals surface area contributed by atoms with Crippen LogP contribution < -0.4 is 5.32 Å². The second-order valence-corrected chi connectivity index (χ2v) is 5.51. The molecule has 0 aliphatic rings. The average molecular weight is 346 g/mol. The Bertz CT molecular complexity index is 983. The summed E-state index contributed by atoms with van der Waals surface area (Å²) in [4.78, 5) is 17.1. The van der Waals surface area contributed by atoms with E-state index in [0.717, 1.165) is 11.1 Å². The summed E-state index contributed by atoms with van der Waals surface area (Å²) in [6.45, 7) is 0. The van der Waals surface area contributed by atoms with Gasteiger partial charge in [-0.3, -0.25) is 9.89 Å². The fourth-order valence-corrected chi connectivity index (χ4v) is 2.65. The molecule has 0 saturated heterocycles. The first-order chi connectivity index (χ1) is 12.8. The number of anilines is 1. The van der Waals surface area contributed by atoms with Gasteiger partial charge in [-0.05, 0) is 28.1 Å². The molecule has 1 atom stereocenters. The van der Waals surface area contributed by atoms with Gasteiger partial charge in [0.2, 0.25) is 0 Å². The second kappa shape index (κ2) is 6.93. The molecule has 2 heterocycles. The lowest BCUT2D eigenvalue weighted by molar-refractivity contribution is -0.118. The molecule has 0 fully saturated rings. The van der Waals surface area contributed by atoms with Gasteiger partial charge < -0.3 is 5.32 Å². The monoisotopic (exact) mass is 346 g/mol. The maximum Gasteiger partial charge on any atom is 0.253 e. The van der Waals surface area contributed by atoms with Gasteiger partial charge in [-0.15, -0.1) is 5.10 Å². The summed E-state index contributed by atoms with van der Waals surface area (Å²) in [5.74, 6) is 0.374. The first kappa shape index (κ1) is 15.6. The van der Waals surface area contributed by atoms with E-state index in [1.807, 2.05) is 48.5 Å². The third-order valence-corrected chi connectivity index (χ3v) is 3.81. The van der Waals surface area contributed by atoms with Crippen LogP contribution in [0.2, 0.25) is 0 Å². The number of nitrogens with zero attached hydrogens (tertiary/aromatic N) is 6. The van der Waals surface area contributed by atoms with Gasteiger partial charge in [-0.1, -0.05) is 42.5 Å². The summed E-state index contributed by atoms with van der Waals surface area (Å²) in [6, 6.07) is 16.0. The molecule has 26 heavy (non-hydrogen) atoms. The lowest BCUT2D eigenvalue weighted by Gasteiger charge is -2.17. The number of tetrazole rings is 1. The van der Waals surface area contributed by atoms with Crippen LogP contribution in [0, 0.1) is 0 Å². The number of rotatable bonds is 5. The van der Waals surface area contributed by atoms with Crippen LogP contribution in [0.3, 0.4) is 0 Å². The minimum atomic E-state index is -0.680. The fourth-order valence-electron chi connectivity index (χ4n) is 2.65. The van der Waals surface area contributed by atoms with Gasteiger partial charge in [-0.2, -0.15) is 5.10 Å². The zero-order valence-electron chi connectivity index (χ0n) is 13.5. The fraction of sp³-hybridized carbons (Fsp3) is 0.0588. The molecule has 2 aromatic carbocycles. The first-order valence-corrected chi connectivity index (χ1v) is 7.85. The largest absolute Gasteiger partial charge is 0.324 e. The Kier molecular flexibility index (Phi) is 4.17. The summed E-state index contributed by atoms with van der Waals surface area (Å²) in [6.07, 6.45) is 2.85. The van der Waals surface area contributed by atoms with Crippen LogP contribution in [0.4, 0.5) is 5.69 Å². The number of H-pyrrole nitrogens is 1. The summed E-state index contributed by atoms with van der Waals surface area (Å²) >= 11 is 0. The lowest BCUT2D eigenvalue weighted by atomic mass is 10.1. The number of carbonyl (C=O) groups is 1. The topological polar surface area (TPSA) is 114 Å². The molecule has 4 aromatic rings. The molecule has 128 valence electrons. The van der Waals surface area contributed by atoms with Crippen molar-refractivity contribution < 1.29 is 4.79 Å². The van der Waals surface area contributed by atoms with Gasteiger partial charge in [-0.25, -0.2) is 9.67 Å². The van der Waals surface area contributed by atoms with Crippen LogP contribution in [0.1, 0.15) is 11.6 Å². The van der Waals surface area contributed by atoms with E-state index in [0.29, 0.717) is 11.5 Å². The van der Waals surface area contributed by atoms with Crippen molar-refractivity contribution in [1.82, 2.24) is 35.4 Å². The zero-order chi connectivity index (χ0) is 17.8. The average Bonchev–Trinajstić information content (AvgIpc) is 3.37. The van der Waals surface area contributed by atoms with Crippen LogP contribution in [-0.2, 0) is 4.79 Å². The molecular formula is C17H14N8O. The van der Waals surface area contributed by atoms with Crippen LogP contribution in [0.15, 0.2) is 67.3 Å². The predicted molar refractivity (Wildman–Crippen MR) is 92.8 cm³/mol. The molecule has 1 amide bonds. The van der Waals surface area contributed by atoms with E-state index in [1.54, 1.807) is 6.07 Å². The zero-order valence-corrected chi connectivity index (χ0v) is 13.5. The highest BCUT2D eigenvalue weighted by molar-refractivity contribution is 5.96. The Hall–Kier alpha value is -3.88. The van der Waals surface area contributed by atoms with Crippen LogP contribution in [-0.4, -0.2) is 41.3 Å². The third-order valence-electron chi connectivity index (χ3n) is 3.81. The molecular weight excluding hydrogens is 332 g/mol. The maximum absolute atomic E-state index is 12.9. The number of nitrogens with one attached hydrogen (secondary N) is 2. The molecule has 0 aliphatic heterocycles. The van der Waals surface area contributed by atoms with Crippen molar-refractivity contribution in [2.24, 2.45) is 0 Å². The van der Waals surface area contributed by atoms with Gasteiger partial charge in [0.05, 0.1) is 0 Å². The van der Waals surface area contributed by atoms with E-state index in [1.165, 1.54) is 17.3 Å². The Morgan fingerprint density at radius 3 is 2.73 bits per heavy atom. The van der Waals surface area contributed by atoms with Crippen LogP contribution in [0.5, 0.6) is 0 Å².